The van der Waals surface area contributed by atoms with Gasteiger partial charge in [0.05, 0.1) is 35.7 Å². The van der Waals surface area contributed by atoms with Crippen molar-refractivity contribution >= 4 is 30.7 Å². The van der Waals surface area contributed by atoms with E-state index < -0.39 is 35.9 Å². The fourth-order valence-electron chi connectivity index (χ4n) is 2.11. The molecule has 0 N–H and O–H groups in total. The molecular formula is C17H21F2N2O7P. The lowest BCUT2D eigenvalue weighted by Crippen LogP contribution is -2.18. The van der Waals surface area contributed by atoms with Crippen LogP contribution < -0.4 is 0 Å². The van der Waals surface area contributed by atoms with Crippen molar-refractivity contribution in [1.29, 1.82) is 0 Å². The van der Waals surface area contributed by atoms with E-state index in [1.807, 2.05) is 0 Å². The number of carbonyl (C=O) groups is 1. The molecule has 0 saturated carbocycles. The molecule has 0 aliphatic carbocycles. The van der Waals surface area contributed by atoms with Gasteiger partial charge >= 0.3 is 13.6 Å². The highest BCUT2D eigenvalue weighted by Gasteiger charge is 2.38. The number of aliphatic imine (C=N–C) groups is 1. The number of alkyl halides is 2. The molecule has 0 fully saturated rings. The smallest absolute Gasteiger partial charge is 0.363 e. The van der Waals surface area contributed by atoms with Crippen LogP contribution in [0, 0.1) is 10.1 Å². The molecule has 1 aromatic rings. The van der Waals surface area contributed by atoms with E-state index in [4.69, 9.17) is 13.8 Å². The van der Waals surface area contributed by atoms with Gasteiger partial charge in [-0.15, -0.1) is 0 Å². The van der Waals surface area contributed by atoms with Crippen molar-refractivity contribution in [2.24, 2.45) is 4.99 Å². The maximum Gasteiger partial charge on any atom is 0.363 e. The van der Waals surface area contributed by atoms with Crippen LogP contribution in [0.4, 0.5) is 20.2 Å². The Labute approximate surface area is 166 Å². The minimum Gasteiger partial charge on any atom is -0.463 e. The highest BCUT2D eigenvalue weighted by atomic mass is 31.2. The summed E-state index contributed by atoms with van der Waals surface area (Å²) in [5, 5.41) is 9.99. The molecule has 0 unspecified atom stereocenters. The molecule has 9 nitrogen and oxygen atoms in total. The number of benzene rings is 1. The molecule has 0 heterocycles. The first kappa shape index (κ1) is 24.5. The number of hydrogen-bond acceptors (Lipinski definition) is 8. The Balaban J connectivity index is 3.59. The molecule has 1 rings (SSSR count). The van der Waals surface area contributed by atoms with Gasteiger partial charge in [-0.25, -0.2) is 18.6 Å². The van der Waals surface area contributed by atoms with Gasteiger partial charge in [-0.2, -0.15) is 0 Å². The van der Waals surface area contributed by atoms with E-state index >= 15 is 0 Å². The minimum atomic E-state index is -4.34. The highest BCUT2D eigenvalue weighted by Crippen LogP contribution is 2.57. The van der Waals surface area contributed by atoms with E-state index in [0.29, 0.717) is 6.08 Å². The van der Waals surface area contributed by atoms with Crippen molar-refractivity contribution in [2.75, 3.05) is 19.8 Å². The highest BCUT2D eigenvalue weighted by molar-refractivity contribution is 7.60. The molecule has 0 aliphatic rings. The molecule has 12 heteroatoms. The van der Waals surface area contributed by atoms with Gasteiger partial charge in [0.2, 0.25) is 0 Å². The van der Waals surface area contributed by atoms with Gasteiger partial charge in [0.1, 0.15) is 5.71 Å². The monoisotopic (exact) mass is 434 g/mol. The molecule has 0 aliphatic heterocycles. The Kier molecular flexibility index (Phi) is 9.73. The Morgan fingerprint density at radius 2 is 1.72 bits per heavy atom. The van der Waals surface area contributed by atoms with Crippen molar-refractivity contribution < 1.29 is 36.8 Å². The number of ether oxygens (including phenoxy) is 1. The zero-order chi connectivity index (χ0) is 22.0. The van der Waals surface area contributed by atoms with Gasteiger partial charge in [0.15, 0.2) is 0 Å². The third kappa shape index (κ3) is 7.12. The van der Waals surface area contributed by atoms with Crippen LogP contribution >= 0.6 is 7.60 Å². The summed E-state index contributed by atoms with van der Waals surface area (Å²) in [6.45, 7) is 4.12. The summed E-state index contributed by atoms with van der Waals surface area (Å²) >= 11 is 0. The number of nitro benzene ring substituents is 1. The Hall–Kier alpha value is -2.49. The topological polar surface area (TPSA) is 117 Å². The number of carbonyl (C=O) groups excluding carboxylic acids is 1. The molecule has 0 spiro atoms. The van der Waals surface area contributed by atoms with Crippen molar-refractivity contribution in [3.63, 3.8) is 0 Å². The van der Waals surface area contributed by atoms with Crippen LogP contribution in [-0.4, -0.2) is 42.9 Å². The first-order valence-electron chi connectivity index (χ1n) is 8.58. The number of allylic oxidation sites excluding steroid dienone is 1. The third-order valence-corrected chi connectivity index (χ3v) is 5.36. The molecule has 1 aromatic carbocycles. The summed E-state index contributed by atoms with van der Waals surface area (Å²) < 4.78 is 55.7. The van der Waals surface area contributed by atoms with Crippen LogP contribution in [0.1, 0.15) is 20.8 Å². The average Bonchev–Trinajstić information content (AvgIpc) is 2.65. The third-order valence-electron chi connectivity index (χ3n) is 3.21. The lowest BCUT2D eigenvalue weighted by molar-refractivity contribution is -0.384. The predicted molar refractivity (Wildman–Crippen MR) is 102 cm³/mol. The van der Waals surface area contributed by atoms with Crippen LogP contribution in [0.15, 0.2) is 40.6 Å². The average molecular weight is 434 g/mol. The first-order valence-corrected chi connectivity index (χ1v) is 10.1. The SMILES string of the molecule is CCOC(=O)/C=C(\C(=Nc1ccc([N+](=O)[O-])cc1)C(F)F)P(=O)(OCC)OCC. The van der Waals surface area contributed by atoms with Crippen molar-refractivity contribution in [3.05, 3.63) is 45.8 Å². The number of halogens is 2. The Bertz CT molecular complexity index is 816. The largest absolute Gasteiger partial charge is 0.463 e. The lowest BCUT2D eigenvalue weighted by atomic mass is 10.2. The number of esters is 1. The standard InChI is InChI=1S/C17H21F2N2O7P/c1-4-26-15(22)11-14(29(25,27-5-2)28-6-3)16(17(18)19)20-12-7-9-13(10-8-12)21(23)24/h7-11,17H,4-6H2,1-3H3/b14-11+,20-16?. The van der Waals surface area contributed by atoms with Gasteiger partial charge in [0.25, 0.3) is 12.1 Å². The fourth-order valence-corrected chi connectivity index (χ4v) is 3.84. The van der Waals surface area contributed by atoms with E-state index in [9.17, 15) is 28.3 Å². The Morgan fingerprint density at radius 1 is 1.17 bits per heavy atom. The summed E-state index contributed by atoms with van der Waals surface area (Å²) in [6.07, 6.45) is -2.66. The molecule has 0 bridgehead atoms. The summed E-state index contributed by atoms with van der Waals surface area (Å²) in [7, 11) is -4.34. The second-order valence-corrected chi connectivity index (χ2v) is 7.18. The van der Waals surface area contributed by atoms with Crippen molar-refractivity contribution in [3.8, 4) is 0 Å². The van der Waals surface area contributed by atoms with Crippen LogP contribution in [-0.2, 0) is 23.1 Å². The molecule has 0 aromatic heterocycles. The first-order chi connectivity index (χ1) is 13.7. The normalized spacial score (nSPS) is 12.9. The summed E-state index contributed by atoms with van der Waals surface area (Å²) in [5.41, 5.74) is -1.38. The van der Waals surface area contributed by atoms with E-state index in [-0.39, 0.29) is 31.2 Å². The van der Waals surface area contributed by atoms with Gasteiger partial charge < -0.3 is 13.8 Å². The van der Waals surface area contributed by atoms with Crippen molar-refractivity contribution in [2.45, 2.75) is 27.2 Å². The van der Waals surface area contributed by atoms with Gasteiger partial charge in [-0.1, -0.05) is 0 Å². The van der Waals surface area contributed by atoms with Crippen molar-refractivity contribution in [1.82, 2.24) is 0 Å². The molecule has 0 amide bonds. The van der Waals surface area contributed by atoms with Crippen LogP contribution in [0.25, 0.3) is 0 Å². The zero-order valence-electron chi connectivity index (χ0n) is 16.0. The second kappa shape index (κ2) is 11.5. The summed E-state index contributed by atoms with van der Waals surface area (Å²) in [6, 6.07) is 4.41. The number of nitrogens with zero attached hydrogens (tertiary/aromatic N) is 2. The summed E-state index contributed by atoms with van der Waals surface area (Å²) in [5.74, 6) is -1.03. The number of nitro groups is 1. The molecule has 0 radical (unpaired) electrons. The number of hydrogen-bond donors (Lipinski definition) is 0. The molecule has 29 heavy (non-hydrogen) atoms. The van der Waals surface area contributed by atoms with E-state index in [0.717, 1.165) is 24.3 Å². The lowest BCUT2D eigenvalue weighted by Gasteiger charge is -2.21. The van der Waals surface area contributed by atoms with Crippen LogP contribution in [0.3, 0.4) is 0 Å². The maximum absolute atomic E-state index is 13.8. The Morgan fingerprint density at radius 3 is 2.14 bits per heavy atom. The zero-order valence-corrected chi connectivity index (χ0v) is 16.9. The van der Waals surface area contributed by atoms with Crippen LogP contribution in [0.2, 0.25) is 0 Å². The van der Waals surface area contributed by atoms with Gasteiger partial charge in [-0.05, 0) is 32.9 Å². The fraction of sp³-hybridized carbons (Fsp3) is 0.412. The van der Waals surface area contributed by atoms with E-state index in [1.165, 1.54) is 20.8 Å². The molecule has 0 atom stereocenters. The van der Waals surface area contributed by atoms with Gasteiger partial charge in [0, 0.05) is 18.2 Å². The summed E-state index contributed by atoms with van der Waals surface area (Å²) in [4.78, 5) is 25.7. The second-order valence-electron chi connectivity index (χ2n) is 5.19. The maximum atomic E-state index is 13.8. The predicted octanol–water partition coefficient (Wildman–Crippen LogP) is 4.65. The number of non-ortho nitro benzene ring substituents is 1. The van der Waals surface area contributed by atoms with Gasteiger partial charge in [-0.3, -0.25) is 14.7 Å². The van der Waals surface area contributed by atoms with E-state index in [2.05, 4.69) is 4.99 Å². The molecule has 160 valence electrons. The number of rotatable bonds is 11. The minimum absolute atomic E-state index is 0.0420. The van der Waals surface area contributed by atoms with E-state index in [1.54, 1.807) is 0 Å². The quantitative estimate of drug-likeness (QED) is 0.124. The molecule has 0 saturated heterocycles. The molecular weight excluding hydrogens is 413 g/mol. The van der Waals surface area contributed by atoms with Crippen LogP contribution in [0.5, 0.6) is 0 Å².